The standard InChI is InChI=1S/C13H17FN2/c1-10(2)3-4-16-9-12-5-11(8-15)6-13(14)7-12/h5-7,10,16H,3-4,9H2,1-2H3. The van der Waals surface area contributed by atoms with Gasteiger partial charge in [-0.1, -0.05) is 13.8 Å². The quantitative estimate of drug-likeness (QED) is 0.774. The Morgan fingerprint density at radius 1 is 1.38 bits per heavy atom. The van der Waals surface area contributed by atoms with Crippen LogP contribution in [0.3, 0.4) is 0 Å². The van der Waals surface area contributed by atoms with Crippen LogP contribution in [0, 0.1) is 23.1 Å². The fraction of sp³-hybridized carbons (Fsp3) is 0.462. The Morgan fingerprint density at radius 2 is 2.12 bits per heavy atom. The van der Waals surface area contributed by atoms with E-state index in [2.05, 4.69) is 19.2 Å². The number of nitrogens with one attached hydrogen (secondary N) is 1. The summed E-state index contributed by atoms with van der Waals surface area (Å²) in [5.41, 5.74) is 1.20. The molecule has 1 rings (SSSR count). The molecule has 0 aliphatic carbocycles. The van der Waals surface area contributed by atoms with E-state index in [0.29, 0.717) is 18.0 Å². The van der Waals surface area contributed by atoms with E-state index in [1.54, 1.807) is 6.07 Å². The van der Waals surface area contributed by atoms with Gasteiger partial charge in [0.25, 0.3) is 0 Å². The summed E-state index contributed by atoms with van der Waals surface area (Å²) in [6, 6.07) is 6.37. The molecule has 0 spiro atoms. The molecule has 0 amide bonds. The number of nitrogens with zero attached hydrogens (tertiary/aromatic N) is 1. The van der Waals surface area contributed by atoms with Crippen molar-refractivity contribution in [1.29, 1.82) is 5.26 Å². The Hall–Kier alpha value is -1.40. The lowest BCUT2D eigenvalue weighted by atomic mass is 10.1. The second-order valence-corrected chi connectivity index (χ2v) is 4.32. The first-order chi connectivity index (χ1) is 7.61. The lowest BCUT2D eigenvalue weighted by Crippen LogP contribution is -2.16. The summed E-state index contributed by atoms with van der Waals surface area (Å²) < 4.78 is 13.1. The minimum Gasteiger partial charge on any atom is -0.313 e. The number of rotatable bonds is 5. The highest BCUT2D eigenvalue weighted by Gasteiger charge is 2.00. The second-order valence-electron chi connectivity index (χ2n) is 4.32. The highest BCUT2D eigenvalue weighted by Crippen LogP contribution is 2.08. The molecule has 0 saturated carbocycles. The predicted octanol–water partition coefficient (Wildman–Crippen LogP) is 2.83. The Bertz CT molecular complexity index is 380. The zero-order valence-electron chi connectivity index (χ0n) is 9.76. The molecular weight excluding hydrogens is 203 g/mol. The van der Waals surface area contributed by atoms with Gasteiger partial charge >= 0.3 is 0 Å². The van der Waals surface area contributed by atoms with Crippen LogP contribution in [-0.4, -0.2) is 6.54 Å². The topological polar surface area (TPSA) is 35.8 Å². The van der Waals surface area contributed by atoms with E-state index in [9.17, 15) is 4.39 Å². The molecule has 1 N–H and O–H groups in total. The number of hydrogen-bond acceptors (Lipinski definition) is 2. The highest BCUT2D eigenvalue weighted by molar-refractivity contribution is 5.33. The molecule has 0 aromatic heterocycles. The lowest BCUT2D eigenvalue weighted by molar-refractivity contribution is 0.536. The molecule has 0 heterocycles. The Morgan fingerprint density at radius 3 is 2.75 bits per heavy atom. The van der Waals surface area contributed by atoms with Crippen molar-refractivity contribution < 1.29 is 4.39 Å². The molecule has 1 aromatic carbocycles. The normalized spacial score (nSPS) is 10.4. The first-order valence-electron chi connectivity index (χ1n) is 5.52. The molecule has 0 aliphatic heterocycles. The van der Waals surface area contributed by atoms with Crippen LogP contribution >= 0.6 is 0 Å². The number of halogens is 1. The van der Waals surface area contributed by atoms with Crippen LogP contribution in [0.15, 0.2) is 18.2 Å². The summed E-state index contributed by atoms with van der Waals surface area (Å²) in [5, 5.41) is 11.9. The Kier molecular flexibility index (Phi) is 4.94. The highest BCUT2D eigenvalue weighted by atomic mass is 19.1. The third kappa shape index (κ3) is 4.41. The molecule has 1 aromatic rings. The summed E-state index contributed by atoms with van der Waals surface area (Å²) >= 11 is 0. The maximum Gasteiger partial charge on any atom is 0.124 e. The van der Waals surface area contributed by atoms with Gasteiger partial charge in [0.2, 0.25) is 0 Å². The van der Waals surface area contributed by atoms with Gasteiger partial charge < -0.3 is 5.32 Å². The summed E-state index contributed by atoms with van der Waals surface area (Å²) in [6.07, 6.45) is 1.10. The van der Waals surface area contributed by atoms with Crippen molar-refractivity contribution in [2.24, 2.45) is 5.92 Å². The van der Waals surface area contributed by atoms with Gasteiger partial charge in [-0.15, -0.1) is 0 Å². The average Bonchev–Trinajstić information content (AvgIpc) is 2.23. The summed E-state index contributed by atoms with van der Waals surface area (Å²) in [4.78, 5) is 0. The fourth-order valence-corrected chi connectivity index (χ4v) is 1.44. The van der Waals surface area contributed by atoms with Crippen LogP contribution in [0.4, 0.5) is 4.39 Å². The molecule has 0 fully saturated rings. The Labute approximate surface area is 96.1 Å². The first kappa shape index (κ1) is 12.7. The van der Waals surface area contributed by atoms with Crippen LogP contribution < -0.4 is 5.32 Å². The van der Waals surface area contributed by atoms with Gasteiger partial charge in [-0.05, 0) is 42.6 Å². The smallest absolute Gasteiger partial charge is 0.124 e. The van der Waals surface area contributed by atoms with Gasteiger partial charge in [0, 0.05) is 6.54 Å². The minimum atomic E-state index is -0.347. The molecule has 2 nitrogen and oxygen atoms in total. The lowest BCUT2D eigenvalue weighted by Gasteiger charge is -2.07. The molecule has 16 heavy (non-hydrogen) atoms. The van der Waals surface area contributed by atoms with Gasteiger partial charge in [0.15, 0.2) is 0 Å². The molecule has 0 radical (unpaired) electrons. The van der Waals surface area contributed by atoms with Crippen molar-refractivity contribution in [3.05, 3.63) is 35.1 Å². The molecular formula is C13H17FN2. The van der Waals surface area contributed by atoms with Gasteiger partial charge in [-0.3, -0.25) is 0 Å². The zero-order chi connectivity index (χ0) is 12.0. The van der Waals surface area contributed by atoms with Gasteiger partial charge in [-0.25, -0.2) is 4.39 Å². The summed E-state index contributed by atoms with van der Waals surface area (Å²) in [5.74, 6) is 0.314. The zero-order valence-corrected chi connectivity index (χ0v) is 9.76. The van der Waals surface area contributed by atoms with Crippen LogP contribution in [0.2, 0.25) is 0 Å². The SMILES string of the molecule is CC(C)CCNCc1cc(F)cc(C#N)c1. The van der Waals surface area contributed by atoms with Gasteiger partial charge in [-0.2, -0.15) is 5.26 Å². The maximum atomic E-state index is 13.1. The van der Waals surface area contributed by atoms with Crippen molar-refractivity contribution in [2.75, 3.05) is 6.54 Å². The maximum absolute atomic E-state index is 13.1. The molecule has 0 bridgehead atoms. The van der Waals surface area contributed by atoms with Crippen molar-refractivity contribution >= 4 is 0 Å². The third-order valence-corrected chi connectivity index (χ3v) is 2.31. The summed E-state index contributed by atoms with van der Waals surface area (Å²) in [6.45, 7) is 5.85. The third-order valence-electron chi connectivity index (χ3n) is 2.31. The molecule has 0 saturated heterocycles. The van der Waals surface area contributed by atoms with Gasteiger partial charge in [0.05, 0.1) is 11.6 Å². The number of benzene rings is 1. The van der Waals surface area contributed by atoms with E-state index in [-0.39, 0.29) is 5.82 Å². The van der Waals surface area contributed by atoms with Crippen LogP contribution in [0.1, 0.15) is 31.4 Å². The van der Waals surface area contributed by atoms with E-state index < -0.39 is 0 Å². The second kappa shape index (κ2) is 6.24. The van der Waals surface area contributed by atoms with E-state index in [1.807, 2.05) is 6.07 Å². The van der Waals surface area contributed by atoms with Crippen molar-refractivity contribution in [2.45, 2.75) is 26.8 Å². The molecule has 0 unspecified atom stereocenters. The van der Waals surface area contributed by atoms with E-state index in [0.717, 1.165) is 18.5 Å². The molecule has 0 atom stereocenters. The molecule has 86 valence electrons. The molecule has 0 aliphatic rings. The van der Waals surface area contributed by atoms with Crippen LogP contribution in [-0.2, 0) is 6.54 Å². The largest absolute Gasteiger partial charge is 0.313 e. The average molecular weight is 220 g/mol. The van der Waals surface area contributed by atoms with Crippen molar-refractivity contribution in [3.63, 3.8) is 0 Å². The molecule has 3 heteroatoms. The van der Waals surface area contributed by atoms with E-state index in [1.165, 1.54) is 12.1 Å². The van der Waals surface area contributed by atoms with Gasteiger partial charge in [0.1, 0.15) is 5.82 Å². The van der Waals surface area contributed by atoms with Crippen molar-refractivity contribution in [1.82, 2.24) is 5.32 Å². The monoisotopic (exact) mass is 220 g/mol. The number of nitriles is 1. The minimum absolute atomic E-state index is 0.347. The predicted molar refractivity (Wildman–Crippen MR) is 62.3 cm³/mol. The van der Waals surface area contributed by atoms with Crippen molar-refractivity contribution in [3.8, 4) is 6.07 Å². The first-order valence-corrected chi connectivity index (χ1v) is 5.52. The Balaban J connectivity index is 2.48. The van der Waals surface area contributed by atoms with E-state index >= 15 is 0 Å². The fourth-order valence-electron chi connectivity index (χ4n) is 1.44. The van der Waals surface area contributed by atoms with Crippen LogP contribution in [0.5, 0.6) is 0 Å². The summed E-state index contributed by atoms with van der Waals surface area (Å²) in [7, 11) is 0. The van der Waals surface area contributed by atoms with Crippen LogP contribution in [0.25, 0.3) is 0 Å². The number of hydrogen-bond donors (Lipinski definition) is 1. The van der Waals surface area contributed by atoms with E-state index in [4.69, 9.17) is 5.26 Å².